The number of ether oxygens (including phenoxy) is 2. The predicted octanol–water partition coefficient (Wildman–Crippen LogP) is 4.22. The summed E-state index contributed by atoms with van der Waals surface area (Å²) >= 11 is 6.23. The van der Waals surface area contributed by atoms with E-state index < -0.39 is 11.9 Å². The lowest BCUT2D eigenvalue weighted by Crippen LogP contribution is -2.47. The minimum Gasteiger partial charge on any atom is -0.494 e. The highest BCUT2D eigenvalue weighted by atomic mass is 35.5. The Morgan fingerprint density at radius 2 is 1.74 bits per heavy atom. The Morgan fingerprint density at radius 3 is 2.29 bits per heavy atom. The minimum atomic E-state index is -0.746. The molecule has 1 atom stereocenters. The van der Waals surface area contributed by atoms with Crippen molar-refractivity contribution < 1.29 is 19.1 Å². The van der Waals surface area contributed by atoms with Gasteiger partial charge in [-0.2, -0.15) is 0 Å². The van der Waals surface area contributed by atoms with Crippen molar-refractivity contribution >= 4 is 29.2 Å². The first kappa shape index (κ1) is 24.3. The first-order chi connectivity index (χ1) is 14.7. The second-order valence-corrected chi connectivity index (χ2v) is 7.62. The molecular formula is C24H29ClN2O4. The topological polar surface area (TPSA) is 76.7 Å². The maximum Gasteiger partial charge on any atom is 0.251 e. The number of rotatable bonds is 10. The largest absolute Gasteiger partial charge is 0.494 e. The monoisotopic (exact) mass is 444 g/mol. The molecule has 2 aromatic rings. The van der Waals surface area contributed by atoms with Gasteiger partial charge in [0.05, 0.1) is 17.7 Å². The number of amides is 2. The van der Waals surface area contributed by atoms with E-state index in [1.54, 1.807) is 12.1 Å². The van der Waals surface area contributed by atoms with Gasteiger partial charge in [0.25, 0.3) is 5.91 Å². The molecule has 0 radical (unpaired) electrons. The van der Waals surface area contributed by atoms with Crippen LogP contribution in [0.1, 0.15) is 42.3 Å². The van der Waals surface area contributed by atoms with E-state index >= 15 is 0 Å². The van der Waals surface area contributed by atoms with E-state index in [1.165, 1.54) is 13.1 Å². The zero-order valence-electron chi connectivity index (χ0n) is 18.3. The smallest absolute Gasteiger partial charge is 0.251 e. The normalized spacial score (nSPS) is 11.5. The van der Waals surface area contributed by atoms with Crippen LogP contribution in [0.4, 0.5) is 0 Å². The van der Waals surface area contributed by atoms with Crippen LogP contribution in [0.5, 0.6) is 5.75 Å². The lowest BCUT2D eigenvalue weighted by molar-refractivity contribution is -0.122. The van der Waals surface area contributed by atoms with Gasteiger partial charge in [0.15, 0.2) is 0 Å². The fourth-order valence-electron chi connectivity index (χ4n) is 2.94. The summed E-state index contributed by atoms with van der Waals surface area (Å²) in [6, 6.07) is 11.6. The molecule has 0 aliphatic rings. The molecule has 0 saturated heterocycles. The quantitative estimate of drug-likeness (QED) is 0.538. The Morgan fingerprint density at radius 1 is 1.10 bits per heavy atom. The molecule has 0 aromatic heterocycles. The van der Waals surface area contributed by atoms with E-state index in [1.807, 2.05) is 45.0 Å². The van der Waals surface area contributed by atoms with Crippen molar-refractivity contribution in [1.82, 2.24) is 10.6 Å². The van der Waals surface area contributed by atoms with Crippen LogP contribution in [-0.4, -0.2) is 37.6 Å². The Labute approximate surface area is 188 Å². The van der Waals surface area contributed by atoms with Crippen LogP contribution in [0.3, 0.4) is 0 Å². The highest BCUT2D eigenvalue weighted by Gasteiger charge is 2.21. The molecule has 2 rings (SSSR count). The van der Waals surface area contributed by atoms with Crippen molar-refractivity contribution in [1.29, 1.82) is 0 Å². The zero-order valence-corrected chi connectivity index (χ0v) is 19.1. The fraction of sp³-hybridized carbons (Fsp3) is 0.333. The van der Waals surface area contributed by atoms with Crippen LogP contribution in [0.15, 0.2) is 49.0 Å². The molecule has 166 valence electrons. The van der Waals surface area contributed by atoms with Crippen LogP contribution >= 0.6 is 11.6 Å². The molecule has 0 saturated carbocycles. The summed E-state index contributed by atoms with van der Waals surface area (Å²) in [4.78, 5) is 25.1. The zero-order chi connectivity index (χ0) is 23.0. The standard InChI is InChI=1S/C24H29ClN2O4/c1-6-30-16(4)18-9-7-17(8-10-18)13-21(24(29)26-5)27-23(28)19-11-12-22(20(25)14-19)31-15(2)3/h7-12,14-15,21H,4,6,13H2,1-3,5H3,(H,26,29)(H,27,28). The van der Waals surface area contributed by atoms with Gasteiger partial charge in [0, 0.05) is 24.6 Å². The number of hydrogen-bond acceptors (Lipinski definition) is 4. The van der Waals surface area contributed by atoms with E-state index in [0.29, 0.717) is 35.1 Å². The summed E-state index contributed by atoms with van der Waals surface area (Å²) in [5.74, 6) is 0.409. The maximum absolute atomic E-state index is 12.7. The van der Waals surface area contributed by atoms with Crippen molar-refractivity contribution in [3.8, 4) is 5.75 Å². The van der Waals surface area contributed by atoms with Gasteiger partial charge in [-0.25, -0.2) is 0 Å². The highest BCUT2D eigenvalue weighted by Crippen LogP contribution is 2.26. The van der Waals surface area contributed by atoms with Crippen LogP contribution in [-0.2, 0) is 16.0 Å². The van der Waals surface area contributed by atoms with Crippen LogP contribution in [0, 0.1) is 0 Å². The summed E-state index contributed by atoms with van der Waals surface area (Å²) in [5.41, 5.74) is 2.10. The second-order valence-electron chi connectivity index (χ2n) is 7.21. The number of hydrogen-bond donors (Lipinski definition) is 2. The molecule has 2 aromatic carbocycles. The average molecular weight is 445 g/mol. The molecule has 7 heteroatoms. The van der Waals surface area contributed by atoms with Crippen molar-refractivity contribution in [3.05, 3.63) is 70.8 Å². The SMILES string of the molecule is C=C(OCC)c1ccc(CC(NC(=O)c2ccc(OC(C)C)c(Cl)c2)C(=O)NC)cc1. The van der Waals surface area contributed by atoms with Crippen molar-refractivity contribution in [2.75, 3.05) is 13.7 Å². The molecule has 0 fully saturated rings. The van der Waals surface area contributed by atoms with Gasteiger partial charge in [-0.1, -0.05) is 42.4 Å². The molecule has 2 amide bonds. The lowest BCUT2D eigenvalue weighted by Gasteiger charge is -2.18. The Bertz CT molecular complexity index is 926. The lowest BCUT2D eigenvalue weighted by atomic mass is 10.0. The number of halogens is 1. The van der Waals surface area contributed by atoms with E-state index in [0.717, 1.165) is 11.1 Å². The second kappa shape index (κ2) is 11.4. The van der Waals surface area contributed by atoms with Gasteiger partial charge in [-0.3, -0.25) is 9.59 Å². The third kappa shape index (κ3) is 7.03. The third-order valence-corrected chi connectivity index (χ3v) is 4.75. The number of nitrogens with one attached hydrogen (secondary N) is 2. The number of carbonyl (C=O) groups is 2. The Hall–Kier alpha value is -2.99. The molecular weight excluding hydrogens is 416 g/mol. The maximum atomic E-state index is 12.7. The first-order valence-electron chi connectivity index (χ1n) is 10.1. The number of benzene rings is 2. The van der Waals surface area contributed by atoms with E-state index in [2.05, 4.69) is 17.2 Å². The molecule has 0 spiro atoms. The van der Waals surface area contributed by atoms with E-state index in [-0.39, 0.29) is 12.0 Å². The number of carbonyl (C=O) groups excluding carboxylic acids is 2. The van der Waals surface area contributed by atoms with Crippen molar-refractivity contribution in [3.63, 3.8) is 0 Å². The summed E-state index contributed by atoms with van der Waals surface area (Å²) in [6.45, 7) is 10.1. The molecule has 0 aliphatic carbocycles. The van der Waals surface area contributed by atoms with Crippen molar-refractivity contribution in [2.45, 2.75) is 39.3 Å². The Balaban J connectivity index is 2.12. The van der Waals surface area contributed by atoms with E-state index in [9.17, 15) is 9.59 Å². The Kier molecular flexibility index (Phi) is 8.94. The highest BCUT2D eigenvalue weighted by molar-refractivity contribution is 6.32. The van der Waals surface area contributed by atoms with Gasteiger partial charge in [-0.05, 0) is 44.5 Å². The molecule has 6 nitrogen and oxygen atoms in total. The molecule has 31 heavy (non-hydrogen) atoms. The van der Waals surface area contributed by atoms with E-state index in [4.69, 9.17) is 21.1 Å². The van der Waals surface area contributed by atoms with Crippen LogP contribution in [0.2, 0.25) is 5.02 Å². The van der Waals surface area contributed by atoms with Gasteiger partial charge < -0.3 is 20.1 Å². The number of likely N-dealkylation sites (N-methyl/N-ethyl adjacent to an activating group) is 1. The molecule has 2 N–H and O–H groups in total. The minimum absolute atomic E-state index is 0.0353. The molecule has 0 heterocycles. The van der Waals surface area contributed by atoms with Gasteiger partial charge in [0.1, 0.15) is 17.6 Å². The molecule has 1 unspecified atom stereocenters. The van der Waals surface area contributed by atoms with Gasteiger partial charge >= 0.3 is 0 Å². The van der Waals surface area contributed by atoms with Gasteiger partial charge in [-0.15, -0.1) is 0 Å². The third-order valence-electron chi connectivity index (χ3n) is 4.46. The summed E-state index contributed by atoms with van der Waals surface area (Å²) < 4.78 is 11.0. The predicted molar refractivity (Wildman–Crippen MR) is 123 cm³/mol. The van der Waals surface area contributed by atoms with Crippen LogP contribution < -0.4 is 15.4 Å². The average Bonchev–Trinajstić information content (AvgIpc) is 2.74. The molecule has 0 bridgehead atoms. The molecule has 0 aliphatic heterocycles. The van der Waals surface area contributed by atoms with Crippen LogP contribution in [0.25, 0.3) is 5.76 Å². The van der Waals surface area contributed by atoms with Gasteiger partial charge in [0.2, 0.25) is 5.91 Å². The first-order valence-corrected chi connectivity index (χ1v) is 10.5. The fourth-order valence-corrected chi connectivity index (χ4v) is 3.16. The summed E-state index contributed by atoms with van der Waals surface area (Å²) in [6.07, 6.45) is 0.293. The summed E-state index contributed by atoms with van der Waals surface area (Å²) in [5, 5.41) is 5.72. The van der Waals surface area contributed by atoms with Crippen molar-refractivity contribution in [2.24, 2.45) is 0 Å². The summed E-state index contributed by atoms with van der Waals surface area (Å²) in [7, 11) is 1.53.